The number of hydrogen-bond acceptors (Lipinski definition) is 17. The zero-order valence-corrected chi connectivity index (χ0v) is 77.3. The van der Waals surface area contributed by atoms with Gasteiger partial charge in [-0.25, -0.2) is 33.7 Å². The minimum Gasteiger partial charge on any atom is -0.744 e. The van der Waals surface area contributed by atoms with Crippen molar-refractivity contribution in [2.45, 2.75) is 143 Å². The zero-order chi connectivity index (χ0) is 76.0. The predicted molar refractivity (Wildman–Crippen MR) is 413 cm³/mol. The second-order valence-corrected chi connectivity index (χ2v) is 38.6. The van der Waals surface area contributed by atoms with E-state index in [-0.39, 0.29) is 143 Å². The standard InChI is InChI=1S/C83H88O17P2S4.4Na/c1-81(2,3)61-55-76-78(77(56-61)101(66-33-25-62(26-34-66)96-51-9-13-57-17-41-70(42-18-57)103(84,85)86)67-35-27-63(28-36-67)97-52-10-14-58-19-43-71(44-20-58)104(87,88)89)100-79-74(83(76,7)8)49-50-75(82(4,5)6)80(79)102(68-37-29-64(30-38-68)98-53-11-15-59-21-45-72(46-22-59)105(90,91)92)69-39-31-65(32-40-69)99-54-12-16-60-23-47-73(48-24-60)106(93,94)95;;;;/h17-50,55-56H,9-16,51-54H2,1-8H3,(H,84,85,86)(H,87,88,89)(H,90,91,92)(H,93,94,95);;;;/q;4*+1/p-4. The van der Waals surface area contributed by atoms with Crippen LogP contribution in [0.25, 0.3) is 0 Å². The molecular weight excluding hydrogens is 1550 g/mol. The molecule has 0 saturated carbocycles. The largest absolute Gasteiger partial charge is 1.00 e. The third-order valence-electron chi connectivity index (χ3n) is 18.6. The summed E-state index contributed by atoms with van der Waals surface area (Å²) in [6.07, 6.45) is 4.91. The molecule has 0 aromatic heterocycles. The molecule has 0 bridgehead atoms. The molecule has 0 fully saturated rings. The van der Waals surface area contributed by atoms with Crippen molar-refractivity contribution in [3.05, 3.63) is 263 Å². The van der Waals surface area contributed by atoms with Gasteiger partial charge in [-0.1, -0.05) is 171 Å². The van der Waals surface area contributed by atoms with Crippen LogP contribution in [0.15, 0.2) is 238 Å². The summed E-state index contributed by atoms with van der Waals surface area (Å²) in [5.74, 6) is 4.17. The Morgan fingerprint density at radius 2 is 0.627 bits per heavy atom. The van der Waals surface area contributed by atoms with Gasteiger partial charge in [0.1, 0.15) is 75.0 Å². The van der Waals surface area contributed by atoms with E-state index >= 15 is 0 Å². The summed E-state index contributed by atoms with van der Waals surface area (Å²) in [5, 5.41) is 6.15. The minimum absolute atomic E-state index is 0. The molecule has 1 heterocycles. The Bertz CT molecular complexity index is 4970. The first-order valence-electron chi connectivity index (χ1n) is 34.8. The topological polar surface area (TPSA) is 275 Å². The van der Waals surface area contributed by atoms with E-state index < -0.39 is 67.1 Å². The number of benzene rings is 10. The fourth-order valence-electron chi connectivity index (χ4n) is 12.8. The van der Waals surface area contributed by atoms with Gasteiger partial charge in [0.25, 0.3) is 0 Å². The number of fused-ring (bicyclic) bond motifs is 2. The van der Waals surface area contributed by atoms with E-state index in [4.69, 9.17) is 23.7 Å². The first-order valence-corrected chi connectivity index (χ1v) is 43.2. The van der Waals surface area contributed by atoms with Gasteiger partial charge in [-0.15, -0.1) is 0 Å². The first kappa shape index (κ1) is 92.9. The van der Waals surface area contributed by atoms with Gasteiger partial charge < -0.3 is 41.9 Å². The Morgan fingerprint density at radius 3 is 0.891 bits per heavy atom. The van der Waals surface area contributed by atoms with Gasteiger partial charge in [0.15, 0.2) is 0 Å². The van der Waals surface area contributed by atoms with Gasteiger partial charge in [-0.2, -0.15) is 0 Å². The van der Waals surface area contributed by atoms with Gasteiger partial charge in [0.2, 0.25) is 0 Å². The van der Waals surface area contributed by atoms with Crippen molar-refractivity contribution in [2.75, 3.05) is 26.4 Å². The Labute approximate surface area is 739 Å². The molecule has 0 spiro atoms. The zero-order valence-electron chi connectivity index (χ0n) is 64.2. The molecule has 1 aliphatic rings. The third-order valence-corrected chi connectivity index (χ3v) is 27.0. The van der Waals surface area contributed by atoms with Crippen molar-refractivity contribution < 1.29 is 194 Å². The molecule has 27 heteroatoms. The average Bonchev–Trinajstić information content (AvgIpc) is 0.709. The van der Waals surface area contributed by atoms with E-state index in [0.717, 1.165) is 87.8 Å². The van der Waals surface area contributed by atoms with Crippen molar-refractivity contribution in [3.63, 3.8) is 0 Å². The van der Waals surface area contributed by atoms with E-state index in [9.17, 15) is 51.9 Å². The number of rotatable bonds is 30. The number of aryl methyl sites for hydroxylation is 4. The van der Waals surface area contributed by atoms with Crippen molar-refractivity contribution in [2.24, 2.45) is 0 Å². The van der Waals surface area contributed by atoms with Crippen LogP contribution < -0.4 is 174 Å². The van der Waals surface area contributed by atoms with Gasteiger partial charge in [0, 0.05) is 27.2 Å². The van der Waals surface area contributed by atoms with Crippen molar-refractivity contribution >= 4 is 88.1 Å². The van der Waals surface area contributed by atoms with Gasteiger partial charge >= 0.3 is 118 Å². The van der Waals surface area contributed by atoms with Crippen molar-refractivity contribution in [1.82, 2.24) is 0 Å². The summed E-state index contributed by atoms with van der Waals surface area (Å²) in [6.45, 7) is 19.4. The maximum Gasteiger partial charge on any atom is 1.00 e. The van der Waals surface area contributed by atoms with E-state index in [2.05, 4.69) is 128 Å². The molecular formula is C83H84Na4O17P2S4. The molecule has 0 saturated heterocycles. The normalized spacial score (nSPS) is 12.7. The van der Waals surface area contributed by atoms with E-state index in [1.165, 1.54) is 48.5 Å². The molecule has 1 aliphatic heterocycles. The van der Waals surface area contributed by atoms with Crippen molar-refractivity contribution in [1.29, 1.82) is 0 Å². The maximum atomic E-state index is 11.6. The summed E-state index contributed by atoms with van der Waals surface area (Å²) in [4.78, 5) is -1.10. The molecule has 0 atom stereocenters. The molecule has 556 valence electrons. The molecule has 0 aliphatic carbocycles. The Morgan fingerprint density at radius 1 is 0.345 bits per heavy atom. The van der Waals surface area contributed by atoms with Crippen LogP contribution in [0.5, 0.6) is 34.5 Å². The molecule has 0 radical (unpaired) electrons. The molecule has 10 aromatic carbocycles. The Balaban J connectivity index is 0.00000420. The van der Waals surface area contributed by atoms with Crippen LogP contribution in [0, 0.1) is 0 Å². The van der Waals surface area contributed by atoms with Crippen LogP contribution in [-0.4, -0.2) is 78.3 Å². The molecule has 0 N–H and O–H groups in total. The van der Waals surface area contributed by atoms with Gasteiger partial charge in [-0.3, -0.25) is 0 Å². The predicted octanol–water partition coefficient (Wildman–Crippen LogP) is 1.91. The summed E-state index contributed by atoms with van der Waals surface area (Å²) in [5.41, 5.74) is 6.40. The third kappa shape index (κ3) is 24.2. The fourth-order valence-corrected chi connectivity index (χ4v) is 19.8. The SMILES string of the molecule is CC(C)(C)c1cc(P(c2ccc(OCCCc3ccc(S(=O)(=O)[O-])cc3)cc2)c2ccc(OCCCc3ccc(S(=O)(=O)[O-])cc3)cc2)c2c(c1)C(C)(C)c1ccc(C(C)(C)C)c(P(c3ccc(OCCCc4ccc(S(=O)(=O)[O-])cc4)cc3)c3ccc(OCCCc4ccc(S(=O)(=O)[O-])cc4)cc3)c1O2.[Na+].[Na+].[Na+].[Na+]. The molecule has 0 amide bonds. The smallest absolute Gasteiger partial charge is 0.744 e. The monoisotopic (exact) mass is 1630 g/mol. The average molecular weight is 1640 g/mol. The second kappa shape index (κ2) is 39.6. The Hall–Kier alpha value is -4.30. The summed E-state index contributed by atoms with van der Waals surface area (Å²) in [7, 11) is -21.2. The van der Waals surface area contributed by atoms with Crippen LogP contribution in [-0.2, 0) is 82.4 Å². The van der Waals surface area contributed by atoms with Crippen LogP contribution in [0.3, 0.4) is 0 Å². The quantitative estimate of drug-likeness (QED) is 0.0269. The van der Waals surface area contributed by atoms with E-state index in [1.54, 1.807) is 48.5 Å². The molecule has 0 unspecified atom stereocenters. The van der Waals surface area contributed by atoms with Crippen molar-refractivity contribution in [3.8, 4) is 34.5 Å². The van der Waals surface area contributed by atoms with E-state index in [1.807, 2.05) is 48.5 Å². The summed E-state index contributed by atoms with van der Waals surface area (Å²) in [6, 6.07) is 65.8. The summed E-state index contributed by atoms with van der Waals surface area (Å²) >= 11 is 0. The maximum absolute atomic E-state index is 11.6. The molecule has 110 heavy (non-hydrogen) atoms. The van der Waals surface area contributed by atoms with Crippen LogP contribution in [0.1, 0.15) is 126 Å². The molecule has 10 aromatic rings. The fraction of sp³-hybridized carbons (Fsp3) is 0.277. The van der Waals surface area contributed by atoms with Crippen LogP contribution >= 0.6 is 15.8 Å². The summed E-state index contributed by atoms with van der Waals surface area (Å²) < 4.78 is 173. The van der Waals surface area contributed by atoms with Gasteiger partial charge in [0.05, 0.1) is 46.0 Å². The minimum atomic E-state index is -4.57. The first-order chi connectivity index (χ1) is 50.1. The van der Waals surface area contributed by atoms with Crippen LogP contribution in [0.2, 0.25) is 0 Å². The molecule has 11 rings (SSSR count). The second-order valence-electron chi connectivity index (χ2n) is 28.8. The number of ether oxygens (including phenoxy) is 5. The van der Waals surface area contributed by atoms with E-state index in [0.29, 0.717) is 101 Å². The Kier molecular flexibility index (Phi) is 33.4. The van der Waals surface area contributed by atoms with Crippen LogP contribution in [0.4, 0.5) is 0 Å². The van der Waals surface area contributed by atoms with Gasteiger partial charge in [-0.05, 0) is 236 Å². The molecule has 17 nitrogen and oxygen atoms in total. The number of hydrogen-bond donors (Lipinski definition) is 0.